The maximum atomic E-state index is 8.60. The monoisotopic (exact) mass is 297 g/mol. The second-order valence-corrected chi connectivity index (χ2v) is 11.6. The van der Waals surface area contributed by atoms with E-state index in [4.69, 9.17) is 19.4 Å². The van der Waals surface area contributed by atoms with Gasteiger partial charge in [-0.15, -0.1) is 0 Å². The molecular formula is C13H23N3O3Si. The molecule has 20 heavy (non-hydrogen) atoms. The molecular weight excluding hydrogens is 274 g/mol. The summed E-state index contributed by atoms with van der Waals surface area (Å²) in [5, 5.41) is 3.91. The van der Waals surface area contributed by atoms with Gasteiger partial charge in [-0.1, -0.05) is 32.0 Å². The Labute approximate surface area is 120 Å². The topological polar surface area (TPSA) is 76.5 Å². The molecule has 1 fully saturated rings. The SMILES string of the molecule is CC(C)(C)[Si](C)(C)OC[C@@H]1O[C@H]2C=C[C@H](N=[N+]=[N-])[C@@H]1O2. The number of azide groups is 1. The van der Waals surface area contributed by atoms with Gasteiger partial charge in [0.05, 0.1) is 12.6 Å². The van der Waals surface area contributed by atoms with Crippen molar-refractivity contribution in [3.05, 3.63) is 22.6 Å². The van der Waals surface area contributed by atoms with Crippen LogP contribution < -0.4 is 0 Å². The lowest BCUT2D eigenvalue weighted by atomic mass is 10.1. The molecule has 0 aromatic heterocycles. The van der Waals surface area contributed by atoms with Crippen LogP contribution in [0.1, 0.15) is 20.8 Å². The molecule has 2 bridgehead atoms. The zero-order valence-corrected chi connectivity index (χ0v) is 13.7. The lowest BCUT2D eigenvalue weighted by molar-refractivity contribution is -0.0388. The fraction of sp³-hybridized carbons (Fsp3) is 0.846. The second kappa shape index (κ2) is 5.50. The number of hydrogen-bond donors (Lipinski definition) is 0. The number of fused-ring (bicyclic) bond motifs is 2. The molecule has 0 saturated carbocycles. The van der Waals surface area contributed by atoms with Crippen molar-refractivity contribution in [1.82, 2.24) is 0 Å². The Morgan fingerprint density at radius 3 is 2.60 bits per heavy atom. The molecule has 0 N–H and O–H groups in total. The molecule has 4 atom stereocenters. The highest BCUT2D eigenvalue weighted by atomic mass is 28.4. The summed E-state index contributed by atoms with van der Waals surface area (Å²) in [6.45, 7) is 11.5. The Morgan fingerprint density at radius 2 is 2.00 bits per heavy atom. The van der Waals surface area contributed by atoms with Gasteiger partial charge in [-0.25, -0.2) is 0 Å². The molecule has 1 saturated heterocycles. The summed E-state index contributed by atoms with van der Waals surface area (Å²) in [4.78, 5) is 2.86. The van der Waals surface area contributed by atoms with Crippen molar-refractivity contribution in [2.75, 3.05) is 6.61 Å². The summed E-state index contributed by atoms with van der Waals surface area (Å²) in [6.07, 6.45) is 2.89. The number of rotatable bonds is 4. The first-order valence-electron chi connectivity index (χ1n) is 6.92. The predicted octanol–water partition coefficient (Wildman–Crippen LogP) is 3.37. The third-order valence-corrected chi connectivity index (χ3v) is 8.87. The third-order valence-electron chi connectivity index (χ3n) is 4.37. The molecule has 0 amide bonds. The average molecular weight is 297 g/mol. The Morgan fingerprint density at radius 1 is 1.30 bits per heavy atom. The number of ether oxygens (including phenoxy) is 2. The minimum Gasteiger partial charge on any atom is -0.414 e. The molecule has 7 heteroatoms. The highest BCUT2D eigenvalue weighted by Gasteiger charge is 2.44. The largest absolute Gasteiger partial charge is 0.414 e. The quantitative estimate of drug-likeness (QED) is 0.262. The molecule has 0 spiro atoms. The molecule has 0 unspecified atom stereocenters. The maximum Gasteiger partial charge on any atom is 0.192 e. The van der Waals surface area contributed by atoms with Crippen molar-refractivity contribution in [3.8, 4) is 0 Å². The summed E-state index contributed by atoms with van der Waals surface area (Å²) >= 11 is 0. The lowest BCUT2D eigenvalue weighted by Crippen LogP contribution is -2.45. The van der Waals surface area contributed by atoms with E-state index in [1.165, 1.54) is 0 Å². The van der Waals surface area contributed by atoms with Gasteiger partial charge in [0.2, 0.25) is 0 Å². The van der Waals surface area contributed by atoms with Gasteiger partial charge >= 0.3 is 0 Å². The minimum absolute atomic E-state index is 0.157. The summed E-state index contributed by atoms with van der Waals surface area (Å²) in [5.74, 6) is 0. The van der Waals surface area contributed by atoms with Crippen LogP contribution in [0.25, 0.3) is 10.4 Å². The Hall–Kier alpha value is -0.853. The smallest absolute Gasteiger partial charge is 0.192 e. The first kappa shape index (κ1) is 15.5. The Bertz CT molecular complexity index is 441. The minimum atomic E-state index is -1.82. The molecule has 2 aliphatic heterocycles. The zero-order valence-electron chi connectivity index (χ0n) is 12.7. The highest BCUT2D eigenvalue weighted by molar-refractivity contribution is 6.74. The molecule has 0 aromatic rings. The fourth-order valence-electron chi connectivity index (χ4n) is 2.03. The van der Waals surface area contributed by atoms with E-state index in [-0.39, 0.29) is 29.6 Å². The third kappa shape index (κ3) is 3.07. The summed E-state index contributed by atoms with van der Waals surface area (Å²) in [6, 6.07) is -0.313. The zero-order chi connectivity index (χ0) is 15.0. The van der Waals surface area contributed by atoms with Crippen molar-refractivity contribution >= 4 is 8.32 Å². The summed E-state index contributed by atoms with van der Waals surface area (Å²) < 4.78 is 17.6. The van der Waals surface area contributed by atoms with Crippen LogP contribution in [0.2, 0.25) is 18.1 Å². The van der Waals surface area contributed by atoms with E-state index in [0.29, 0.717) is 6.61 Å². The fourth-order valence-corrected chi connectivity index (χ4v) is 3.05. The van der Waals surface area contributed by atoms with Crippen LogP contribution in [0, 0.1) is 0 Å². The molecule has 112 valence electrons. The standard InChI is InChI=1S/C13H23N3O3Si/c1-13(2,3)20(4,5)17-8-10-12-9(15-16-14)6-7-11(18-10)19-12/h6-7,9-12H,8H2,1-5H3/t9-,10-,11+,12-/m0/s1. The predicted molar refractivity (Wildman–Crippen MR) is 78.8 cm³/mol. The van der Waals surface area contributed by atoms with Crippen molar-refractivity contribution in [2.24, 2.45) is 5.11 Å². The van der Waals surface area contributed by atoms with Crippen LogP contribution in [0.5, 0.6) is 0 Å². The van der Waals surface area contributed by atoms with Crippen LogP contribution in [0.4, 0.5) is 0 Å². The van der Waals surface area contributed by atoms with E-state index >= 15 is 0 Å². The van der Waals surface area contributed by atoms with Gasteiger partial charge in [0.1, 0.15) is 12.2 Å². The van der Waals surface area contributed by atoms with E-state index in [2.05, 4.69) is 43.9 Å². The van der Waals surface area contributed by atoms with Crippen molar-refractivity contribution < 1.29 is 13.9 Å². The van der Waals surface area contributed by atoms with E-state index in [0.717, 1.165) is 0 Å². The number of hydrogen-bond acceptors (Lipinski definition) is 4. The Kier molecular flexibility index (Phi) is 4.27. The molecule has 0 aliphatic carbocycles. The van der Waals surface area contributed by atoms with Crippen LogP contribution in [-0.2, 0) is 13.9 Å². The summed E-state index contributed by atoms with van der Waals surface area (Å²) in [5.41, 5.74) is 8.60. The highest BCUT2D eigenvalue weighted by Crippen LogP contribution is 2.37. The molecule has 2 aliphatic rings. The normalized spacial score (nSPS) is 33.0. The first-order valence-corrected chi connectivity index (χ1v) is 9.83. The lowest BCUT2D eigenvalue weighted by Gasteiger charge is -2.37. The maximum absolute atomic E-state index is 8.60. The van der Waals surface area contributed by atoms with E-state index in [9.17, 15) is 0 Å². The van der Waals surface area contributed by atoms with E-state index in [1.54, 1.807) is 6.08 Å². The average Bonchev–Trinajstić information content (AvgIpc) is 2.67. The van der Waals surface area contributed by atoms with Crippen molar-refractivity contribution in [2.45, 2.75) is 63.4 Å². The van der Waals surface area contributed by atoms with E-state index in [1.807, 2.05) is 6.08 Å². The van der Waals surface area contributed by atoms with Gasteiger partial charge in [0.15, 0.2) is 14.6 Å². The molecule has 2 heterocycles. The molecule has 0 radical (unpaired) electrons. The second-order valence-electron chi connectivity index (χ2n) is 6.80. The van der Waals surface area contributed by atoms with Gasteiger partial charge in [0, 0.05) is 4.91 Å². The van der Waals surface area contributed by atoms with Gasteiger partial charge in [-0.2, -0.15) is 0 Å². The molecule has 0 aromatic carbocycles. The van der Waals surface area contributed by atoms with Gasteiger partial charge in [0.25, 0.3) is 0 Å². The van der Waals surface area contributed by atoms with Gasteiger partial charge in [-0.05, 0) is 29.7 Å². The van der Waals surface area contributed by atoms with Crippen LogP contribution in [0.3, 0.4) is 0 Å². The summed E-state index contributed by atoms with van der Waals surface area (Å²) in [7, 11) is -1.82. The molecule has 6 nitrogen and oxygen atoms in total. The molecule has 2 rings (SSSR count). The van der Waals surface area contributed by atoms with Crippen LogP contribution in [-0.4, -0.2) is 39.5 Å². The van der Waals surface area contributed by atoms with Gasteiger partial charge in [-0.3, -0.25) is 0 Å². The first-order chi connectivity index (χ1) is 9.24. The van der Waals surface area contributed by atoms with Crippen LogP contribution in [0.15, 0.2) is 17.3 Å². The van der Waals surface area contributed by atoms with Crippen LogP contribution >= 0.6 is 0 Å². The Balaban J connectivity index is 2.00. The van der Waals surface area contributed by atoms with Crippen molar-refractivity contribution in [3.63, 3.8) is 0 Å². The number of nitrogens with zero attached hydrogens (tertiary/aromatic N) is 3. The van der Waals surface area contributed by atoms with Crippen molar-refractivity contribution in [1.29, 1.82) is 0 Å². The van der Waals surface area contributed by atoms with E-state index < -0.39 is 8.32 Å². The van der Waals surface area contributed by atoms with Gasteiger partial charge < -0.3 is 13.9 Å².